The van der Waals surface area contributed by atoms with Crippen LogP contribution in [-0.2, 0) is 0 Å². The molecule has 0 bridgehead atoms. The minimum Gasteiger partial charge on any atom is -0.329 e. The van der Waals surface area contributed by atoms with Gasteiger partial charge in [0.2, 0.25) is 0 Å². The molecule has 0 aromatic heterocycles. The molecule has 2 aliphatic rings. The van der Waals surface area contributed by atoms with Crippen molar-refractivity contribution in [3.05, 3.63) is 0 Å². The summed E-state index contributed by atoms with van der Waals surface area (Å²) in [5, 5.41) is 0. The molecule has 1 heterocycles. The maximum atomic E-state index is 6.04. The lowest BCUT2D eigenvalue weighted by atomic mass is 9.80. The largest absolute Gasteiger partial charge is 0.329 e. The van der Waals surface area contributed by atoms with Gasteiger partial charge < -0.3 is 5.73 Å². The third-order valence-corrected chi connectivity index (χ3v) is 5.01. The lowest BCUT2D eigenvalue weighted by Gasteiger charge is -2.39. The smallest absolute Gasteiger partial charge is 0.0331 e. The number of hydrogen-bond donors (Lipinski definition) is 1. The summed E-state index contributed by atoms with van der Waals surface area (Å²) in [6.45, 7) is 12.8. The molecule has 1 aliphatic carbocycles. The quantitative estimate of drug-likeness (QED) is 0.798. The monoisotopic (exact) mass is 224 g/mol. The van der Waals surface area contributed by atoms with Crippen LogP contribution in [0.2, 0.25) is 0 Å². The van der Waals surface area contributed by atoms with Crippen LogP contribution < -0.4 is 5.73 Å². The Morgan fingerprint density at radius 1 is 1.06 bits per heavy atom. The fourth-order valence-electron chi connectivity index (χ4n) is 3.19. The second-order valence-corrected chi connectivity index (χ2v) is 7.13. The van der Waals surface area contributed by atoms with Gasteiger partial charge >= 0.3 is 0 Å². The lowest BCUT2D eigenvalue weighted by Crippen LogP contribution is -2.52. The zero-order valence-corrected chi connectivity index (χ0v) is 11.4. The number of likely N-dealkylation sites (tertiary alicyclic amines) is 1. The average molecular weight is 224 g/mol. The van der Waals surface area contributed by atoms with E-state index < -0.39 is 0 Å². The lowest BCUT2D eigenvalue weighted by molar-refractivity contribution is 0.103. The van der Waals surface area contributed by atoms with E-state index in [0.717, 1.165) is 18.4 Å². The Balaban J connectivity index is 2.02. The van der Waals surface area contributed by atoms with Crippen molar-refractivity contribution >= 4 is 0 Å². The van der Waals surface area contributed by atoms with Crippen molar-refractivity contribution < 1.29 is 0 Å². The third kappa shape index (κ3) is 2.14. The van der Waals surface area contributed by atoms with Crippen LogP contribution in [0, 0.1) is 17.3 Å². The van der Waals surface area contributed by atoms with Crippen molar-refractivity contribution in [2.45, 2.75) is 52.5 Å². The molecule has 1 aliphatic heterocycles. The highest BCUT2D eigenvalue weighted by molar-refractivity contribution is 5.03. The second kappa shape index (κ2) is 3.99. The average Bonchev–Trinajstić information content (AvgIpc) is 2.92. The molecule has 16 heavy (non-hydrogen) atoms. The zero-order valence-electron chi connectivity index (χ0n) is 11.4. The molecule has 1 saturated carbocycles. The molecule has 2 unspecified atom stereocenters. The first kappa shape index (κ1) is 12.4. The fraction of sp³-hybridized carbons (Fsp3) is 1.00. The summed E-state index contributed by atoms with van der Waals surface area (Å²) in [7, 11) is 0. The van der Waals surface area contributed by atoms with Crippen LogP contribution in [-0.4, -0.2) is 30.1 Å². The normalized spacial score (nSPS) is 31.7. The molecule has 2 heteroatoms. The topological polar surface area (TPSA) is 29.3 Å². The summed E-state index contributed by atoms with van der Waals surface area (Å²) in [5.74, 6) is 1.72. The van der Waals surface area contributed by atoms with Gasteiger partial charge in [0.1, 0.15) is 0 Å². The molecule has 2 rings (SSSR count). The molecular weight excluding hydrogens is 196 g/mol. The van der Waals surface area contributed by atoms with E-state index in [2.05, 4.69) is 32.6 Å². The molecule has 0 aromatic carbocycles. The fourth-order valence-corrected chi connectivity index (χ4v) is 3.19. The van der Waals surface area contributed by atoms with Crippen molar-refractivity contribution in [3.8, 4) is 0 Å². The minimum absolute atomic E-state index is 0.292. The molecule has 0 spiro atoms. The van der Waals surface area contributed by atoms with E-state index in [-0.39, 0.29) is 0 Å². The third-order valence-electron chi connectivity index (χ3n) is 5.01. The van der Waals surface area contributed by atoms with E-state index in [4.69, 9.17) is 5.73 Å². The molecule has 2 nitrogen and oxygen atoms in total. The summed E-state index contributed by atoms with van der Waals surface area (Å²) in [4.78, 5) is 2.68. The van der Waals surface area contributed by atoms with E-state index in [0.29, 0.717) is 11.0 Å². The van der Waals surface area contributed by atoms with Gasteiger partial charge in [-0.1, -0.05) is 20.8 Å². The van der Waals surface area contributed by atoms with Gasteiger partial charge in [-0.3, -0.25) is 4.90 Å². The maximum absolute atomic E-state index is 6.04. The minimum atomic E-state index is 0.292. The van der Waals surface area contributed by atoms with Gasteiger partial charge in [0.25, 0.3) is 0 Å². The first-order valence-electron chi connectivity index (χ1n) is 6.83. The highest BCUT2D eigenvalue weighted by Crippen LogP contribution is 2.45. The van der Waals surface area contributed by atoms with Crippen LogP contribution in [0.4, 0.5) is 0 Å². The maximum Gasteiger partial charge on any atom is 0.0331 e. The predicted molar refractivity (Wildman–Crippen MR) is 69.3 cm³/mol. The molecule has 0 radical (unpaired) electrons. The van der Waals surface area contributed by atoms with Crippen molar-refractivity contribution in [2.24, 2.45) is 23.0 Å². The summed E-state index contributed by atoms with van der Waals surface area (Å²) < 4.78 is 0. The van der Waals surface area contributed by atoms with Crippen LogP contribution in [0.1, 0.15) is 47.0 Å². The van der Waals surface area contributed by atoms with Crippen LogP contribution >= 0.6 is 0 Å². The van der Waals surface area contributed by atoms with Gasteiger partial charge in [-0.25, -0.2) is 0 Å². The Hall–Kier alpha value is -0.0800. The highest BCUT2D eigenvalue weighted by atomic mass is 15.2. The molecule has 94 valence electrons. The van der Waals surface area contributed by atoms with Gasteiger partial charge in [-0.15, -0.1) is 0 Å². The molecule has 2 fully saturated rings. The second-order valence-electron chi connectivity index (χ2n) is 7.13. The van der Waals surface area contributed by atoms with Crippen molar-refractivity contribution in [3.63, 3.8) is 0 Å². The zero-order chi connectivity index (χ0) is 12.0. The van der Waals surface area contributed by atoms with Crippen molar-refractivity contribution in [1.82, 2.24) is 4.90 Å². The van der Waals surface area contributed by atoms with Crippen LogP contribution in [0.5, 0.6) is 0 Å². The van der Waals surface area contributed by atoms with E-state index in [1.54, 1.807) is 0 Å². The van der Waals surface area contributed by atoms with Gasteiger partial charge in [0, 0.05) is 18.6 Å². The van der Waals surface area contributed by atoms with Crippen LogP contribution in [0.3, 0.4) is 0 Å². The Bertz CT molecular complexity index is 252. The van der Waals surface area contributed by atoms with Gasteiger partial charge in [0.05, 0.1) is 0 Å². The molecule has 0 aromatic rings. The van der Waals surface area contributed by atoms with Crippen molar-refractivity contribution in [2.75, 3.05) is 19.6 Å². The van der Waals surface area contributed by atoms with Crippen LogP contribution in [0.25, 0.3) is 0 Å². The summed E-state index contributed by atoms with van der Waals surface area (Å²) in [6.07, 6.45) is 4.14. The van der Waals surface area contributed by atoms with Gasteiger partial charge in [-0.2, -0.15) is 0 Å². The molecular formula is C14H28N2. The first-order chi connectivity index (χ1) is 7.38. The van der Waals surface area contributed by atoms with E-state index in [9.17, 15) is 0 Å². The molecule has 1 saturated heterocycles. The standard InChI is InChI=1S/C14H28N2/c1-13(2,3)12-7-8-16(9-12)14(4,10-15)11-5-6-11/h11-12H,5-10,15H2,1-4H3. The summed E-state index contributed by atoms with van der Waals surface area (Å²) >= 11 is 0. The Morgan fingerprint density at radius 2 is 1.69 bits per heavy atom. The SMILES string of the molecule is CC(C)(C)C1CCN(C(C)(CN)C2CC2)C1. The van der Waals surface area contributed by atoms with Gasteiger partial charge in [-0.05, 0) is 50.0 Å². The Morgan fingerprint density at radius 3 is 2.06 bits per heavy atom. The van der Waals surface area contributed by atoms with E-state index in [1.807, 2.05) is 0 Å². The number of hydrogen-bond acceptors (Lipinski definition) is 2. The molecule has 2 N–H and O–H groups in total. The molecule has 2 atom stereocenters. The summed E-state index contributed by atoms with van der Waals surface area (Å²) in [5.41, 5.74) is 6.78. The van der Waals surface area contributed by atoms with Crippen molar-refractivity contribution in [1.29, 1.82) is 0 Å². The number of nitrogens with two attached hydrogens (primary N) is 1. The highest BCUT2D eigenvalue weighted by Gasteiger charge is 2.47. The predicted octanol–water partition coefficient (Wildman–Crippen LogP) is 2.48. The number of nitrogens with zero attached hydrogens (tertiary/aromatic N) is 1. The molecule has 0 amide bonds. The first-order valence-corrected chi connectivity index (χ1v) is 6.83. The van der Waals surface area contributed by atoms with E-state index in [1.165, 1.54) is 32.4 Å². The van der Waals surface area contributed by atoms with E-state index >= 15 is 0 Å². The van der Waals surface area contributed by atoms with Gasteiger partial charge in [0.15, 0.2) is 0 Å². The van der Waals surface area contributed by atoms with Crippen LogP contribution in [0.15, 0.2) is 0 Å². The Kier molecular flexibility index (Phi) is 3.09. The Labute approximate surface area is 101 Å². The number of rotatable bonds is 3. The summed E-state index contributed by atoms with van der Waals surface area (Å²) in [6, 6.07) is 0.